The predicted octanol–water partition coefficient (Wildman–Crippen LogP) is 0.942. The van der Waals surface area contributed by atoms with E-state index < -0.39 is 11.9 Å². The van der Waals surface area contributed by atoms with Gasteiger partial charge in [0.05, 0.1) is 0 Å². The highest BCUT2D eigenvalue weighted by Gasteiger charge is 2.35. The minimum atomic E-state index is -0.725. The monoisotopic (exact) mass is 329 g/mol. The Morgan fingerprint density at radius 1 is 1.38 bits per heavy atom. The first-order valence-electron chi connectivity index (χ1n) is 8.49. The largest absolute Gasteiger partial charge is 0.368 e. The van der Waals surface area contributed by atoms with E-state index in [1.165, 1.54) is 10.5 Å². The van der Waals surface area contributed by atoms with Crippen LogP contribution in [0.2, 0.25) is 0 Å². The molecule has 128 valence electrons. The van der Waals surface area contributed by atoms with Crippen LogP contribution >= 0.6 is 0 Å². The summed E-state index contributed by atoms with van der Waals surface area (Å²) in [6, 6.07) is 5.27. The van der Waals surface area contributed by atoms with Crippen LogP contribution in [0.15, 0.2) is 18.2 Å². The first-order valence-corrected chi connectivity index (χ1v) is 8.49. The molecule has 0 radical (unpaired) electrons. The van der Waals surface area contributed by atoms with Crippen molar-refractivity contribution in [2.75, 3.05) is 13.1 Å². The van der Waals surface area contributed by atoms with Crippen LogP contribution in [0.4, 0.5) is 0 Å². The number of primary amides is 1. The molecule has 0 saturated carbocycles. The molecule has 2 amide bonds. The van der Waals surface area contributed by atoms with Gasteiger partial charge in [-0.25, -0.2) is 0 Å². The second-order valence-electron chi connectivity index (χ2n) is 6.54. The van der Waals surface area contributed by atoms with Crippen LogP contribution < -0.4 is 11.1 Å². The Morgan fingerprint density at radius 2 is 2.12 bits per heavy atom. The van der Waals surface area contributed by atoms with Crippen molar-refractivity contribution in [3.63, 3.8) is 0 Å². The third-order valence-electron chi connectivity index (χ3n) is 5.03. The Kier molecular flexibility index (Phi) is 4.94. The van der Waals surface area contributed by atoms with Crippen LogP contribution in [0.25, 0.3) is 0 Å². The number of carbonyl (C=O) groups is 3. The minimum absolute atomic E-state index is 0.170. The maximum absolute atomic E-state index is 12.6. The Hall–Kier alpha value is -2.21. The molecule has 6 heteroatoms. The van der Waals surface area contributed by atoms with Gasteiger partial charge in [-0.05, 0) is 55.5 Å². The van der Waals surface area contributed by atoms with Crippen LogP contribution in [0.5, 0.6) is 0 Å². The number of nitrogens with one attached hydrogen (secondary N) is 1. The van der Waals surface area contributed by atoms with Crippen molar-refractivity contribution in [3.05, 3.63) is 34.9 Å². The molecule has 3 N–H and O–H groups in total. The minimum Gasteiger partial charge on any atom is -0.368 e. The number of benzene rings is 1. The van der Waals surface area contributed by atoms with E-state index in [1.54, 1.807) is 0 Å². The smallest absolute Gasteiger partial charge is 0.255 e. The molecule has 1 unspecified atom stereocenters. The van der Waals surface area contributed by atoms with Crippen molar-refractivity contribution in [2.45, 2.75) is 44.2 Å². The Labute approximate surface area is 141 Å². The van der Waals surface area contributed by atoms with Crippen LogP contribution in [0.1, 0.15) is 53.1 Å². The van der Waals surface area contributed by atoms with Crippen LogP contribution in [0.3, 0.4) is 0 Å². The first-order chi connectivity index (χ1) is 11.6. The molecule has 1 saturated heterocycles. The maximum Gasteiger partial charge on any atom is 0.255 e. The number of nitrogens with zero attached hydrogens (tertiary/aromatic N) is 1. The van der Waals surface area contributed by atoms with Gasteiger partial charge in [-0.2, -0.15) is 0 Å². The Balaban J connectivity index is 1.81. The number of hydrogen-bond donors (Lipinski definition) is 2. The van der Waals surface area contributed by atoms with Gasteiger partial charge >= 0.3 is 0 Å². The van der Waals surface area contributed by atoms with E-state index in [2.05, 4.69) is 11.4 Å². The number of fused-ring (bicyclic) bond motifs is 1. The van der Waals surface area contributed by atoms with E-state index >= 15 is 0 Å². The Morgan fingerprint density at radius 3 is 2.79 bits per heavy atom. The SMILES string of the molecule is NC(=O)C(CCC=O)N1Cc2cc(C3CCNCC3)ccc2C1=O. The molecule has 2 heterocycles. The van der Waals surface area contributed by atoms with Crippen molar-refractivity contribution in [3.8, 4) is 0 Å². The van der Waals surface area contributed by atoms with Gasteiger partial charge in [-0.3, -0.25) is 9.59 Å². The van der Waals surface area contributed by atoms with Crippen molar-refractivity contribution < 1.29 is 14.4 Å². The van der Waals surface area contributed by atoms with Crippen molar-refractivity contribution in [2.24, 2.45) is 5.73 Å². The first kappa shape index (κ1) is 16.6. The standard InChI is InChI=1S/C18H23N3O3/c19-17(23)16(2-1-9-22)21-11-14-10-13(3-4-15(14)18(21)24)12-5-7-20-8-6-12/h3-4,9-10,12,16,20H,1-2,5-8,11H2,(H2,19,23). The lowest BCUT2D eigenvalue weighted by Gasteiger charge is -2.24. The summed E-state index contributed by atoms with van der Waals surface area (Å²) < 4.78 is 0. The highest BCUT2D eigenvalue weighted by atomic mass is 16.2. The lowest BCUT2D eigenvalue weighted by molar-refractivity contribution is -0.122. The average molecular weight is 329 g/mol. The zero-order chi connectivity index (χ0) is 17.1. The van der Waals surface area contributed by atoms with Gasteiger partial charge in [-0.1, -0.05) is 12.1 Å². The second kappa shape index (κ2) is 7.13. The average Bonchev–Trinajstić information content (AvgIpc) is 2.92. The van der Waals surface area contributed by atoms with Crippen molar-refractivity contribution >= 4 is 18.1 Å². The van der Waals surface area contributed by atoms with E-state index in [1.807, 2.05) is 12.1 Å². The summed E-state index contributed by atoms with van der Waals surface area (Å²) in [4.78, 5) is 36.4. The van der Waals surface area contributed by atoms with Crippen LogP contribution in [-0.2, 0) is 16.1 Å². The molecule has 3 rings (SSSR count). The zero-order valence-electron chi connectivity index (χ0n) is 13.7. The van der Waals surface area contributed by atoms with E-state index in [9.17, 15) is 14.4 Å². The third kappa shape index (κ3) is 3.19. The summed E-state index contributed by atoms with van der Waals surface area (Å²) in [6.07, 6.45) is 3.44. The van der Waals surface area contributed by atoms with Gasteiger partial charge in [0.25, 0.3) is 5.91 Å². The number of piperidine rings is 1. The summed E-state index contributed by atoms with van der Waals surface area (Å²) in [5.74, 6) is -0.212. The number of hydrogen-bond acceptors (Lipinski definition) is 4. The molecule has 24 heavy (non-hydrogen) atoms. The fourth-order valence-corrected chi connectivity index (χ4v) is 3.70. The molecule has 6 nitrogen and oxygen atoms in total. The molecule has 0 aromatic heterocycles. The quantitative estimate of drug-likeness (QED) is 0.760. The van der Waals surface area contributed by atoms with Crippen LogP contribution in [0, 0.1) is 0 Å². The molecule has 1 atom stereocenters. The zero-order valence-corrected chi connectivity index (χ0v) is 13.7. The highest BCUT2D eigenvalue weighted by molar-refractivity contribution is 6.01. The molecule has 2 aliphatic rings. The topological polar surface area (TPSA) is 92.5 Å². The van der Waals surface area contributed by atoms with Gasteiger partial charge in [0.15, 0.2) is 0 Å². The van der Waals surface area contributed by atoms with E-state index in [-0.39, 0.29) is 18.7 Å². The maximum atomic E-state index is 12.6. The second-order valence-corrected chi connectivity index (χ2v) is 6.54. The Bertz CT molecular complexity index is 653. The molecule has 1 aromatic carbocycles. The molecular weight excluding hydrogens is 306 g/mol. The summed E-state index contributed by atoms with van der Waals surface area (Å²) in [5, 5.41) is 3.36. The van der Waals surface area contributed by atoms with Gasteiger partial charge in [0, 0.05) is 18.5 Å². The summed E-state index contributed by atoms with van der Waals surface area (Å²) in [7, 11) is 0. The molecular formula is C18H23N3O3. The molecule has 1 aromatic rings. The lowest BCUT2D eigenvalue weighted by atomic mass is 9.88. The molecule has 2 aliphatic heterocycles. The molecule has 0 spiro atoms. The number of carbonyl (C=O) groups excluding carboxylic acids is 3. The van der Waals surface area contributed by atoms with E-state index in [0.29, 0.717) is 18.0 Å². The molecule has 1 fully saturated rings. The third-order valence-corrected chi connectivity index (χ3v) is 5.03. The summed E-state index contributed by atoms with van der Waals surface area (Å²) >= 11 is 0. The highest BCUT2D eigenvalue weighted by Crippen LogP contribution is 2.31. The summed E-state index contributed by atoms with van der Waals surface area (Å²) in [5.41, 5.74) is 8.30. The van der Waals surface area contributed by atoms with Gasteiger partial charge in [0.1, 0.15) is 12.3 Å². The fraction of sp³-hybridized carbons (Fsp3) is 0.500. The molecule has 0 bridgehead atoms. The lowest BCUT2D eigenvalue weighted by Crippen LogP contribution is -2.44. The number of amides is 2. The number of aldehydes is 1. The fourth-order valence-electron chi connectivity index (χ4n) is 3.70. The van der Waals surface area contributed by atoms with Gasteiger partial charge in [-0.15, -0.1) is 0 Å². The number of rotatable bonds is 6. The number of nitrogens with two attached hydrogens (primary N) is 1. The summed E-state index contributed by atoms with van der Waals surface area (Å²) in [6.45, 7) is 2.42. The van der Waals surface area contributed by atoms with Crippen molar-refractivity contribution in [1.29, 1.82) is 0 Å². The van der Waals surface area contributed by atoms with Gasteiger partial charge < -0.3 is 20.7 Å². The normalized spacial score (nSPS) is 19.2. The van der Waals surface area contributed by atoms with Crippen LogP contribution in [-0.4, -0.2) is 42.1 Å². The predicted molar refractivity (Wildman–Crippen MR) is 89.4 cm³/mol. The van der Waals surface area contributed by atoms with E-state index in [4.69, 9.17) is 5.73 Å². The van der Waals surface area contributed by atoms with Crippen molar-refractivity contribution in [1.82, 2.24) is 10.2 Å². The van der Waals surface area contributed by atoms with E-state index in [0.717, 1.165) is 37.8 Å². The molecule has 0 aliphatic carbocycles. The van der Waals surface area contributed by atoms with Gasteiger partial charge in [0.2, 0.25) is 5.91 Å².